The summed E-state index contributed by atoms with van der Waals surface area (Å²) in [4.78, 5) is 21.6. The van der Waals surface area contributed by atoms with Crippen LogP contribution in [0.4, 0.5) is 22.7 Å². The largest absolute Gasteiger partial charge is 0.495 e. The molecule has 29 heavy (non-hydrogen) atoms. The molecule has 0 aliphatic rings. The SMILES string of the molecule is COc1ccc(S(=O)(=O)Nc2cc([N+](=O)[O-])ccc2NCCO)cc1NC(C)=O. The molecule has 156 valence electrons. The van der Waals surface area contributed by atoms with Crippen LogP contribution < -0.4 is 20.1 Å². The number of aliphatic hydroxyl groups excluding tert-OH is 1. The maximum atomic E-state index is 12.8. The fourth-order valence-electron chi connectivity index (χ4n) is 2.42. The number of carbonyl (C=O) groups is 1. The number of aliphatic hydroxyl groups is 1. The molecule has 11 nitrogen and oxygen atoms in total. The number of nitro benzene ring substituents is 1. The molecule has 0 aromatic heterocycles. The number of nitrogens with one attached hydrogen (secondary N) is 3. The molecule has 0 radical (unpaired) electrons. The average Bonchev–Trinajstić information content (AvgIpc) is 2.66. The van der Waals surface area contributed by atoms with Gasteiger partial charge >= 0.3 is 0 Å². The van der Waals surface area contributed by atoms with Gasteiger partial charge in [-0.3, -0.25) is 19.6 Å². The first kappa shape index (κ1) is 21.9. The number of rotatable bonds is 9. The van der Waals surface area contributed by atoms with Crippen molar-refractivity contribution in [2.24, 2.45) is 0 Å². The molecular weight excluding hydrogens is 404 g/mol. The molecule has 0 atom stereocenters. The van der Waals surface area contributed by atoms with Crippen molar-refractivity contribution in [1.82, 2.24) is 0 Å². The summed E-state index contributed by atoms with van der Waals surface area (Å²) in [6, 6.07) is 7.46. The maximum absolute atomic E-state index is 12.8. The lowest BCUT2D eigenvalue weighted by molar-refractivity contribution is -0.384. The van der Waals surface area contributed by atoms with Gasteiger partial charge in [-0.1, -0.05) is 0 Å². The second kappa shape index (κ2) is 9.21. The summed E-state index contributed by atoms with van der Waals surface area (Å²) in [5.74, 6) is -0.153. The third-order valence-corrected chi connectivity index (χ3v) is 5.04. The predicted molar refractivity (Wildman–Crippen MR) is 107 cm³/mol. The van der Waals surface area contributed by atoms with Crippen LogP contribution >= 0.6 is 0 Å². The lowest BCUT2D eigenvalue weighted by Crippen LogP contribution is -2.16. The summed E-state index contributed by atoms with van der Waals surface area (Å²) >= 11 is 0. The molecule has 0 spiro atoms. The van der Waals surface area contributed by atoms with E-state index >= 15 is 0 Å². The number of non-ortho nitro benzene ring substituents is 1. The first-order valence-electron chi connectivity index (χ1n) is 8.29. The van der Waals surface area contributed by atoms with Gasteiger partial charge < -0.3 is 20.5 Å². The predicted octanol–water partition coefficient (Wildman–Crippen LogP) is 1.77. The molecule has 0 saturated heterocycles. The Hall–Kier alpha value is -3.38. The number of carbonyl (C=O) groups excluding carboxylic acids is 1. The van der Waals surface area contributed by atoms with Gasteiger partial charge in [0, 0.05) is 25.6 Å². The molecule has 0 bridgehead atoms. The van der Waals surface area contributed by atoms with E-state index in [1.54, 1.807) is 0 Å². The lowest BCUT2D eigenvalue weighted by Gasteiger charge is -2.15. The maximum Gasteiger partial charge on any atom is 0.271 e. The van der Waals surface area contributed by atoms with E-state index in [-0.39, 0.29) is 46.5 Å². The van der Waals surface area contributed by atoms with Gasteiger partial charge in [-0.15, -0.1) is 0 Å². The number of sulfonamides is 1. The molecule has 0 fully saturated rings. The number of nitrogens with zero attached hydrogens (tertiary/aromatic N) is 1. The minimum Gasteiger partial charge on any atom is -0.495 e. The first-order valence-corrected chi connectivity index (χ1v) is 9.78. The van der Waals surface area contributed by atoms with Gasteiger partial charge in [0.15, 0.2) is 0 Å². The van der Waals surface area contributed by atoms with Crippen molar-refractivity contribution in [1.29, 1.82) is 0 Å². The van der Waals surface area contributed by atoms with Crippen molar-refractivity contribution in [3.05, 3.63) is 46.5 Å². The zero-order chi connectivity index (χ0) is 21.6. The number of ether oxygens (including phenoxy) is 1. The van der Waals surface area contributed by atoms with Crippen LogP contribution in [0.5, 0.6) is 5.75 Å². The van der Waals surface area contributed by atoms with Crippen LogP contribution in [0.3, 0.4) is 0 Å². The fourth-order valence-corrected chi connectivity index (χ4v) is 3.52. The van der Waals surface area contributed by atoms with E-state index in [1.807, 2.05) is 0 Å². The Morgan fingerprint density at radius 2 is 1.90 bits per heavy atom. The van der Waals surface area contributed by atoms with Crippen molar-refractivity contribution in [3.8, 4) is 5.75 Å². The number of hydrogen-bond donors (Lipinski definition) is 4. The van der Waals surface area contributed by atoms with Gasteiger partial charge in [0.1, 0.15) is 5.75 Å². The zero-order valence-corrected chi connectivity index (χ0v) is 16.4. The molecule has 12 heteroatoms. The Bertz CT molecular complexity index is 1020. The highest BCUT2D eigenvalue weighted by Gasteiger charge is 2.20. The number of benzene rings is 2. The number of nitro groups is 1. The van der Waals surface area contributed by atoms with Gasteiger partial charge in [-0.25, -0.2) is 8.42 Å². The van der Waals surface area contributed by atoms with Crippen LogP contribution in [0.15, 0.2) is 41.3 Å². The highest BCUT2D eigenvalue weighted by atomic mass is 32.2. The van der Waals surface area contributed by atoms with Crippen LogP contribution in [-0.4, -0.2) is 44.6 Å². The summed E-state index contributed by atoms with van der Waals surface area (Å²) in [5.41, 5.74) is 0.0276. The molecule has 0 aliphatic carbocycles. The monoisotopic (exact) mass is 424 g/mol. The summed E-state index contributed by atoms with van der Waals surface area (Å²) in [5, 5.41) is 25.3. The number of hydrogen-bond acceptors (Lipinski definition) is 8. The van der Waals surface area contributed by atoms with Crippen LogP contribution in [0.1, 0.15) is 6.92 Å². The van der Waals surface area contributed by atoms with Gasteiger partial charge in [0.2, 0.25) is 5.91 Å². The molecule has 1 amide bonds. The number of methoxy groups -OCH3 is 1. The topological polar surface area (TPSA) is 160 Å². The normalized spacial score (nSPS) is 10.9. The summed E-state index contributed by atoms with van der Waals surface area (Å²) in [6.07, 6.45) is 0. The Morgan fingerprint density at radius 3 is 2.48 bits per heavy atom. The standard InChI is InChI=1S/C17H20N4O7S/c1-11(23)19-16-10-13(4-6-17(16)28-2)29(26,27)20-15-9-12(21(24)25)3-5-14(15)18-7-8-22/h3-6,9-10,18,20,22H,7-8H2,1-2H3,(H,19,23). The van der Waals surface area contributed by atoms with E-state index in [9.17, 15) is 23.3 Å². The molecule has 0 heterocycles. The third kappa shape index (κ3) is 5.56. The van der Waals surface area contributed by atoms with Crippen LogP contribution in [0.25, 0.3) is 0 Å². The minimum atomic E-state index is -4.17. The number of amides is 1. The zero-order valence-electron chi connectivity index (χ0n) is 15.6. The van der Waals surface area contributed by atoms with E-state index in [0.29, 0.717) is 0 Å². The van der Waals surface area contributed by atoms with E-state index < -0.39 is 20.9 Å². The third-order valence-electron chi connectivity index (χ3n) is 3.68. The minimum absolute atomic E-state index is 0.0652. The molecule has 2 aromatic carbocycles. The van der Waals surface area contributed by atoms with Crippen molar-refractivity contribution in [3.63, 3.8) is 0 Å². The highest BCUT2D eigenvalue weighted by Crippen LogP contribution is 2.31. The van der Waals surface area contributed by atoms with Crippen molar-refractivity contribution in [2.75, 3.05) is 35.6 Å². The molecule has 0 aliphatic heterocycles. The second-order valence-electron chi connectivity index (χ2n) is 5.79. The Balaban J connectivity index is 2.45. The second-order valence-corrected chi connectivity index (χ2v) is 7.47. The smallest absolute Gasteiger partial charge is 0.271 e. The van der Waals surface area contributed by atoms with Crippen molar-refractivity contribution in [2.45, 2.75) is 11.8 Å². The average molecular weight is 424 g/mol. The Labute approximate surface area is 166 Å². The van der Waals surface area contributed by atoms with Crippen LogP contribution in [-0.2, 0) is 14.8 Å². The van der Waals surface area contributed by atoms with Crippen LogP contribution in [0, 0.1) is 10.1 Å². The van der Waals surface area contributed by atoms with E-state index in [2.05, 4.69) is 15.4 Å². The molecule has 2 rings (SSSR count). The summed E-state index contributed by atoms with van der Waals surface area (Å²) < 4.78 is 33.1. The van der Waals surface area contributed by atoms with Crippen LogP contribution in [0.2, 0.25) is 0 Å². The van der Waals surface area contributed by atoms with E-state index in [0.717, 1.165) is 6.07 Å². The van der Waals surface area contributed by atoms with Gasteiger partial charge in [0.05, 0.1) is 40.6 Å². The highest BCUT2D eigenvalue weighted by molar-refractivity contribution is 7.92. The van der Waals surface area contributed by atoms with Crippen molar-refractivity contribution < 1.29 is 28.0 Å². The Kier molecular flexibility index (Phi) is 6.96. The van der Waals surface area contributed by atoms with Gasteiger partial charge in [-0.2, -0.15) is 0 Å². The van der Waals surface area contributed by atoms with E-state index in [1.165, 1.54) is 44.4 Å². The lowest BCUT2D eigenvalue weighted by atomic mass is 10.2. The molecular formula is C17H20N4O7S. The van der Waals surface area contributed by atoms with Gasteiger partial charge in [0.25, 0.3) is 15.7 Å². The molecule has 4 N–H and O–H groups in total. The summed E-state index contributed by atoms with van der Waals surface area (Å²) in [6.45, 7) is 1.16. The molecule has 0 saturated carbocycles. The van der Waals surface area contributed by atoms with Gasteiger partial charge in [-0.05, 0) is 24.3 Å². The van der Waals surface area contributed by atoms with Crippen molar-refractivity contribution >= 4 is 38.7 Å². The van der Waals surface area contributed by atoms with E-state index in [4.69, 9.17) is 9.84 Å². The molecule has 2 aromatic rings. The molecule has 0 unspecified atom stereocenters. The Morgan fingerprint density at radius 1 is 1.17 bits per heavy atom. The summed E-state index contributed by atoms with van der Waals surface area (Å²) in [7, 11) is -2.80. The number of anilines is 3. The fraction of sp³-hybridized carbons (Fsp3) is 0.235. The quantitative estimate of drug-likeness (QED) is 0.350. The first-order chi connectivity index (χ1) is 13.7.